The number of ether oxygens (including phenoxy) is 1. The molecule has 4 nitrogen and oxygen atoms in total. The highest BCUT2D eigenvalue weighted by Crippen LogP contribution is 2.24. The van der Waals surface area contributed by atoms with Gasteiger partial charge in [-0.1, -0.05) is 15.9 Å². The van der Waals surface area contributed by atoms with Crippen molar-refractivity contribution in [2.24, 2.45) is 0 Å². The first-order valence-electron chi connectivity index (χ1n) is 4.93. The number of amides is 2. The minimum atomic E-state index is -0.227. The molecule has 0 aliphatic heterocycles. The summed E-state index contributed by atoms with van der Waals surface area (Å²) in [5.74, 6) is 0.689. The van der Waals surface area contributed by atoms with E-state index in [0.717, 1.165) is 4.47 Å². The fourth-order valence-corrected chi connectivity index (χ4v) is 1.65. The van der Waals surface area contributed by atoms with Crippen LogP contribution in [-0.4, -0.2) is 19.2 Å². The number of urea groups is 1. The van der Waals surface area contributed by atoms with Crippen molar-refractivity contribution < 1.29 is 9.53 Å². The Morgan fingerprint density at radius 1 is 1.38 bits per heavy atom. The van der Waals surface area contributed by atoms with E-state index >= 15 is 0 Å². The third-order valence-electron chi connectivity index (χ3n) is 1.78. The summed E-state index contributed by atoms with van der Waals surface area (Å²) in [5.41, 5.74) is 0.685. The standard InChI is InChI=1S/C11H15BrN2O2/c1-7(2)13-11(15)14-9-4-8(12)5-10(6-9)16-3/h4-7H,1-3H3,(H2,13,14,15). The molecular formula is C11H15BrN2O2. The zero-order valence-electron chi connectivity index (χ0n) is 9.50. The van der Waals surface area contributed by atoms with Crippen LogP contribution in [0.1, 0.15) is 13.8 Å². The highest BCUT2D eigenvalue weighted by atomic mass is 79.9. The minimum absolute atomic E-state index is 0.106. The van der Waals surface area contributed by atoms with Gasteiger partial charge in [0.25, 0.3) is 0 Å². The molecule has 5 heteroatoms. The van der Waals surface area contributed by atoms with Gasteiger partial charge in [-0.15, -0.1) is 0 Å². The van der Waals surface area contributed by atoms with Crippen LogP contribution in [0.15, 0.2) is 22.7 Å². The number of halogens is 1. The average Bonchev–Trinajstić information content (AvgIpc) is 2.14. The zero-order chi connectivity index (χ0) is 12.1. The first-order valence-corrected chi connectivity index (χ1v) is 5.72. The molecule has 1 aromatic rings. The molecule has 0 unspecified atom stereocenters. The van der Waals surface area contributed by atoms with Gasteiger partial charge in [0, 0.05) is 22.3 Å². The van der Waals surface area contributed by atoms with E-state index in [1.165, 1.54) is 0 Å². The van der Waals surface area contributed by atoms with Crippen LogP contribution in [0.3, 0.4) is 0 Å². The van der Waals surface area contributed by atoms with Gasteiger partial charge in [-0.3, -0.25) is 0 Å². The number of nitrogens with one attached hydrogen (secondary N) is 2. The van der Waals surface area contributed by atoms with Gasteiger partial charge in [-0.25, -0.2) is 4.79 Å². The summed E-state index contributed by atoms with van der Waals surface area (Å²) in [6.07, 6.45) is 0. The number of benzene rings is 1. The van der Waals surface area contributed by atoms with Crippen LogP contribution in [-0.2, 0) is 0 Å². The van der Waals surface area contributed by atoms with Crippen molar-refractivity contribution in [3.05, 3.63) is 22.7 Å². The molecule has 0 aromatic heterocycles. The Hall–Kier alpha value is -1.23. The molecule has 0 aliphatic carbocycles. The average molecular weight is 287 g/mol. The number of anilines is 1. The Morgan fingerprint density at radius 2 is 2.06 bits per heavy atom. The lowest BCUT2D eigenvalue weighted by Gasteiger charge is -2.11. The normalized spacial score (nSPS) is 10.1. The summed E-state index contributed by atoms with van der Waals surface area (Å²) in [6.45, 7) is 3.81. The van der Waals surface area contributed by atoms with Gasteiger partial charge in [-0.05, 0) is 26.0 Å². The van der Waals surface area contributed by atoms with Crippen molar-refractivity contribution in [1.29, 1.82) is 0 Å². The van der Waals surface area contributed by atoms with Crippen LogP contribution < -0.4 is 15.4 Å². The maximum Gasteiger partial charge on any atom is 0.319 e. The Balaban J connectivity index is 2.73. The Labute approximate surface area is 103 Å². The second-order valence-corrected chi connectivity index (χ2v) is 4.55. The molecule has 0 aliphatic rings. The smallest absolute Gasteiger partial charge is 0.319 e. The predicted octanol–water partition coefficient (Wildman–Crippen LogP) is 2.99. The van der Waals surface area contributed by atoms with Crippen molar-refractivity contribution in [3.63, 3.8) is 0 Å². The topological polar surface area (TPSA) is 50.4 Å². The zero-order valence-corrected chi connectivity index (χ0v) is 11.1. The van der Waals surface area contributed by atoms with E-state index in [1.54, 1.807) is 13.2 Å². The highest BCUT2D eigenvalue weighted by molar-refractivity contribution is 9.10. The molecule has 0 heterocycles. The molecule has 0 fully saturated rings. The minimum Gasteiger partial charge on any atom is -0.497 e. The number of carbonyl (C=O) groups is 1. The SMILES string of the molecule is COc1cc(Br)cc(NC(=O)NC(C)C)c1. The number of hydrogen-bond acceptors (Lipinski definition) is 2. The van der Waals surface area contributed by atoms with Gasteiger partial charge in [0.05, 0.1) is 7.11 Å². The Kier molecular flexibility index (Phi) is 4.61. The highest BCUT2D eigenvalue weighted by Gasteiger charge is 2.05. The first kappa shape index (κ1) is 12.8. The Morgan fingerprint density at radius 3 is 2.62 bits per heavy atom. The van der Waals surface area contributed by atoms with E-state index in [9.17, 15) is 4.79 Å². The lowest BCUT2D eigenvalue weighted by atomic mass is 10.3. The maximum atomic E-state index is 11.5. The van der Waals surface area contributed by atoms with E-state index in [1.807, 2.05) is 26.0 Å². The van der Waals surface area contributed by atoms with Crippen molar-refractivity contribution in [2.75, 3.05) is 12.4 Å². The van der Waals surface area contributed by atoms with E-state index in [2.05, 4.69) is 26.6 Å². The van der Waals surface area contributed by atoms with Crippen molar-refractivity contribution in [1.82, 2.24) is 5.32 Å². The molecule has 1 aromatic carbocycles. The number of rotatable bonds is 3. The predicted molar refractivity (Wildman–Crippen MR) is 68.0 cm³/mol. The lowest BCUT2D eigenvalue weighted by Crippen LogP contribution is -2.34. The number of carbonyl (C=O) groups excluding carboxylic acids is 1. The molecule has 88 valence electrons. The van der Waals surface area contributed by atoms with Crippen LogP contribution in [0.2, 0.25) is 0 Å². The molecular weight excluding hydrogens is 272 g/mol. The summed E-state index contributed by atoms with van der Waals surface area (Å²) < 4.78 is 5.95. The molecule has 0 atom stereocenters. The number of methoxy groups -OCH3 is 1. The summed E-state index contributed by atoms with van der Waals surface area (Å²) in [5, 5.41) is 5.47. The van der Waals surface area contributed by atoms with Crippen LogP contribution in [0.4, 0.5) is 10.5 Å². The molecule has 2 amide bonds. The van der Waals surface area contributed by atoms with Crippen molar-refractivity contribution >= 4 is 27.6 Å². The molecule has 0 saturated carbocycles. The molecule has 2 N–H and O–H groups in total. The molecule has 1 rings (SSSR count). The van der Waals surface area contributed by atoms with E-state index in [4.69, 9.17) is 4.74 Å². The monoisotopic (exact) mass is 286 g/mol. The van der Waals surface area contributed by atoms with Gasteiger partial charge < -0.3 is 15.4 Å². The van der Waals surface area contributed by atoms with Gasteiger partial charge in [-0.2, -0.15) is 0 Å². The van der Waals surface area contributed by atoms with E-state index in [0.29, 0.717) is 11.4 Å². The van der Waals surface area contributed by atoms with Crippen LogP contribution >= 0.6 is 15.9 Å². The summed E-state index contributed by atoms with van der Waals surface area (Å²) in [6, 6.07) is 5.27. The third kappa shape index (κ3) is 4.10. The second-order valence-electron chi connectivity index (χ2n) is 3.63. The van der Waals surface area contributed by atoms with Gasteiger partial charge in [0.15, 0.2) is 0 Å². The first-order chi connectivity index (χ1) is 7.51. The van der Waals surface area contributed by atoms with Gasteiger partial charge in [0.1, 0.15) is 5.75 Å². The maximum absolute atomic E-state index is 11.5. The van der Waals surface area contributed by atoms with Gasteiger partial charge in [0.2, 0.25) is 0 Å². The fourth-order valence-electron chi connectivity index (χ4n) is 1.18. The molecule has 0 bridgehead atoms. The van der Waals surface area contributed by atoms with Crippen molar-refractivity contribution in [3.8, 4) is 5.75 Å². The Bertz CT molecular complexity index is 380. The summed E-state index contributed by atoms with van der Waals surface area (Å²) in [7, 11) is 1.58. The van der Waals surface area contributed by atoms with Crippen LogP contribution in [0.25, 0.3) is 0 Å². The molecule has 0 spiro atoms. The second kappa shape index (κ2) is 5.75. The van der Waals surface area contributed by atoms with Gasteiger partial charge >= 0.3 is 6.03 Å². The van der Waals surface area contributed by atoms with Crippen molar-refractivity contribution in [2.45, 2.75) is 19.9 Å². The van der Waals surface area contributed by atoms with E-state index in [-0.39, 0.29) is 12.1 Å². The lowest BCUT2D eigenvalue weighted by molar-refractivity contribution is 0.250. The molecule has 16 heavy (non-hydrogen) atoms. The number of hydrogen-bond donors (Lipinski definition) is 2. The van der Waals surface area contributed by atoms with Crippen LogP contribution in [0.5, 0.6) is 5.75 Å². The van der Waals surface area contributed by atoms with Crippen LogP contribution in [0, 0.1) is 0 Å². The summed E-state index contributed by atoms with van der Waals surface area (Å²) in [4.78, 5) is 11.5. The summed E-state index contributed by atoms with van der Waals surface area (Å²) >= 11 is 3.34. The third-order valence-corrected chi connectivity index (χ3v) is 2.24. The largest absolute Gasteiger partial charge is 0.497 e. The quantitative estimate of drug-likeness (QED) is 0.898. The molecule has 0 saturated heterocycles. The van der Waals surface area contributed by atoms with E-state index < -0.39 is 0 Å². The molecule has 0 radical (unpaired) electrons. The fraction of sp³-hybridized carbons (Fsp3) is 0.364.